The molecule has 0 radical (unpaired) electrons. The Morgan fingerprint density at radius 1 is 1.12 bits per heavy atom. The number of likely N-dealkylation sites (N-methyl/N-ethyl adjacent to an activating group) is 2. The van der Waals surface area contributed by atoms with Gasteiger partial charge in [-0.25, -0.2) is 12.7 Å². The molecule has 3 atom stereocenters. The Labute approximate surface area is 200 Å². The minimum atomic E-state index is -3.11. The second-order valence-corrected chi connectivity index (χ2v) is 13.7. The van der Waals surface area contributed by atoms with E-state index in [1.54, 1.807) is 4.31 Å². The highest BCUT2D eigenvalue weighted by Crippen LogP contribution is 2.47. The first-order valence-corrected chi connectivity index (χ1v) is 14.4. The molecule has 184 valence electrons. The molecule has 7 heteroatoms. The molecule has 33 heavy (non-hydrogen) atoms. The fourth-order valence-electron chi connectivity index (χ4n) is 7.49. The van der Waals surface area contributed by atoms with Crippen LogP contribution in [-0.4, -0.2) is 85.2 Å². The van der Waals surface area contributed by atoms with Crippen molar-refractivity contribution in [3.8, 4) is 5.75 Å². The second kappa shape index (κ2) is 8.81. The number of piperidine rings is 2. The van der Waals surface area contributed by atoms with Crippen LogP contribution in [0.5, 0.6) is 5.75 Å². The maximum Gasteiger partial charge on any atom is 0.216 e. The van der Waals surface area contributed by atoms with Gasteiger partial charge in [0, 0.05) is 37.1 Å². The third-order valence-electron chi connectivity index (χ3n) is 9.38. The topological polar surface area (TPSA) is 64.1 Å². The van der Waals surface area contributed by atoms with E-state index in [-0.39, 0.29) is 10.7 Å². The monoisotopic (exact) mass is 475 g/mol. The molecule has 2 aliphatic carbocycles. The highest BCUT2D eigenvalue weighted by atomic mass is 32.2. The number of phenolic OH excluding ortho intramolecular Hbond substituents is 1. The first-order chi connectivity index (χ1) is 15.7. The molecule has 1 N–H and O–H groups in total. The summed E-state index contributed by atoms with van der Waals surface area (Å²) >= 11 is 0. The van der Waals surface area contributed by atoms with E-state index in [1.165, 1.54) is 11.1 Å². The van der Waals surface area contributed by atoms with Gasteiger partial charge in [0.05, 0.1) is 5.25 Å². The summed E-state index contributed by atoms with van der Waals surface area (Å²) in [5.41, 5.74) is 2.72. The maximum atomic E-state index is 13.0. The molecular formula is C26H41N3O3S. The molecule has 1 aromatic carbocycles. The summed E-state index contributed by atoms with van der Waals surface area (Å²) in [5, 5.41) is 10.1. The lowest BCUT2D eigenvalue weighted by molar-refractivity contribution is -0.00616. The van der Waals surface area contributed by atoms with Gasteiger partial charge in [-0.05, 0) is 88.3 Å². The van der Waals surface area contributed by atoms with Crippen LogP contribution in [0.4, 0.5) is 0 Å². The average molecular weight is 476 g/mol. The summed E-state index contributed by atoms with van der Waals surface area (Å²) in [5.74, 6) is 0.898. The van der Waals surface area contributed by atoms with Crippen molar-refractivity contribution in [3.05, 3.63) is 29.3 Å². The predicted molar refractivity (Wildman–Crippen MR) is 132 cm³/mol. The molecule has 3 fully saturated rings. The van der Waals surface area contributed by atoms with Gasteiger partial charge in [0.1, 0.15) is 5.75 Å². The van der Waals surface area contributed by atoms with Crippen LogP contribution in [0, 0.1) is 5.92 Å². The van der Waals surface area contributed by atoms with Crippen molar-refractivity contribution in [2.24, 2.45) is 5.92 Å². The SMILES string of the molecule is CN1CC[C@]2(C)c3cc(O)ccc3C[C@@H]1[C@@H]2N(C)CC1CCN(S(=O)(=O)C2CCCC2)CC1. The summed E-state index contributed by atoms with van der Waals surface area (Å²) in [6, 6.07) is 6.81. The Morgan fingerprint density at radius 2 is 1.82 bits per heavy atom. The Balaban J connectivity index is 1.28. The number of hydrogen-bond donors (Lipinski definition) is 1. The zero-order valence-electron chi connectivity index (χ0n) is 20.5. The zero-order chi connectivity index (χ0) is 23.4. The smallest absolute Gasteiger partial charge is 0.216 e. The summed E-state index contributed by atoms with van der Waals surface area (Å²) < 4.78 is 27.8. The van der Waals surface area contributed by atoms with E-state index < -0.39 is 10.0 Å². The van der Waals surface area contributed by atoms with Crippen LogP contribution in [0.25, 0.3) is 0 Å². The van der Waals surface area contributed by atoms with E-state index in [4.69, 9.17) is 0 Å². The fourth-order valence-corrected chi connectivity index (χ4v) is 9.56. The number of likely N-dealkylation sites (tertiary alicyclic amines) is 1. The molecule has 0 unspecified atom stereocenters. The lowest BCUT2D eigenvalue weighted by Gasteiger charge is -2.58. The van der Waals surface area contributed by atoms with Crippen molar-refractivity contribution in [1.29, 1.82) is 0 Å². The summed E-state index contributed by atoms with van der Waals surface area (Å²) in [6.07, 6.45) is 7.82. The van der Waals surface area contributed by atoms with E-state index in [0.29, 0.717) is 36.8 Å². The minimum Gasteiger partial charge on any atom is -0.508 e. The van der Waals surface area contributed by atoms with Crippen LogP contribution in [0.2, 0.25) is 0 Å². The van der Waals surface area contributed by atoms with Gasteiger partial charge < -0.3 is 14.9 Å². The first kappa shape index (κ1) is 23.6. The van der Waals surface area contributed by atoms with Crippen LogP contribution in [0.3, 0.4) is 0 Å². The molecule has 2 heterocycles. The highest BCUT2D eigenvalue weighted by molar-refractivity contribution is 7.89. The van der Waals surface area contributed by atoms with Crippen molar-refractivity contribution in [2.75, 3.05) is 40.3 Å². The standard InChI is InChI=1S/C26H41N3O3S/c1-26-12-15-27(2)24(16-20-8-9-21(30)17-23(20)26)25(26)28(3)18-19-10-13-29(14-11-19)33(31,32)22-6-4-5-7-22/h8-9,17,19,22,24-25,30H,4-7,10-16,18H2,1-3H3/t24-,25+,26-/m1/s1. The van der Waals surface area contributed by atoms with E-state index in [0.717, 1.165) is 64.5 Å². The second-order valence-electron chi connectivity index (χ2n) is 11.4. The molecule has 0 aromatic heterocycles. The fraction of sp³-hybridized carbons (Fsp3) is 0.769. The molecule has 4 aliphatic rings. The first-order valence-electron chi connectivity index (χ1n) is 12.9. The average Bonchev–Trinajstić information content (AvgIpc) is 3.33. The van der Waals surface area contributed by atoms with Crippen molar-refractivity contribution < 1.29 is 13.5 Å². The lowest BCUT2D eigenvalue weighted by atomic mass is 9.61. The van der Waals surface area contributed by atoms with Crippen LogP contribution in [0.1, 0.15) is 63.0 Å². The molecule has 1 aromatic rings. The summed E-state index contributed by atoms with van der Waals surface area (Å²) in [7, 11) is 1.41. The lowest BCUT2D eigenvalue weighted by Crippen LogP contribution is -2.66. The molecule has 0 amide bonds. The van der Waals surface area contributed by atoms with E-state index >= 15 is 0 Å². The van der Waals surface area contributed by atoms with Crippen molar-refractivity contribution >= 4 is 10.0 Å². The van der Waals surface area contributed by atoms with Crippen molar-refractivity contribution in [3.63, 3.8) is 0 Å². The van der Waals surface area contributed by atoms with Crippen molar-refractivity contribution in [1.82, 2.24) is 14.1 Å². The number of sulfonamides is 1. The quantitative estimate of drug-likeness (QED) is 0.709. The van der Waals surface area contributed by atoms with E-state index in [9.17, 15) is 13.5 Å². The zero-order valence-corrected chi connectivity index (χ0v) is 21.4. The Morgan fingerprint density at radius 3 is 2.52 bits per heavy atom. The molecular weight excluding hydrogens is 434 g/mol. The Kier molecular flexibility index (Phi) is 6.30. The van der Waals surface area contributed by atoms with Gasteiger partial charge in [-0.3, -0.25) is 0 Å². The molecule has 2 saturated heterocycles. The molecule has 2 bridgehead atoms. The van der Waals surface area contributed by atoms with E-state index in [1.807, 2.05) is 12.1 Å². The summed E-state index contributed by atoms with van der Waals surface area (Å²) in [6.45, 7) is 5.84. The van der Waals surface area contributed by atoms with Crippen LogP contribution in [0.15, 0.2) is 18.2 Å². The number of aromatic hydroxyl groups is 1. The van der Waals surface area contributed by atoms with E-state index in [2.05, 4.69) is 36.9 Å². The van der Waals surface area contributed by atoms with Gasteiger partial charge in [0.2, 0.25) is 10.0 Å². The van der Waals surface area contributed by atoms with Crippen LogP contribution >= 0.6 is 0 Å². The predicted octanol–water partition coefficient (Wildman–Crippen LogP) is 3.19. The summed E-state index contributed by atoms with van der Waals surface area (Å²) in [4.78, 5) is 5.09. The molecule has 5 rings (SSSR count). The maximum absolute atomic E-state index is 13.0. The van der Waals surface area contributed by atoms with Gasteiger partial charge in [0.15, 0.2) is 0 Å². The molecule has 0 spiro atoms. The number of hydrogen-bond acceptors (Lipinski definition) is 5. The van der Waals surface area contributed by atoms with Gasteiger partial charge in [-0.1, -0.05) is 25.8 Å². The highest BCUT2D eigenvalue weighted by Gasteiger charge is 2.51. The molecule has 6 nitrogen and oxygen atoms in total. The Hall–Kier alpha value is -1.15. The molecule has 1 saturated carbocycles. The van der Waals surface area contributed by atoms with Gasteiger partial charge in [-0.2, -0.15) is 0 Å². The third-order valence-corrected chi connectivity index (χ3v) is 11.8. The van der Waals surface area contributed by atoms with Gasteiger partial charge >= 0.3 is 0 Å². The van der Waals surface area contributed by atoms with Crippen molar-refractivity contribution in [2.45, 2.75) is 81.0 Å². The minimum absolute atomic E-state index is 0.0186. The largest absolute Gasteiger partial charge is 0.508 e. The molecule has 2 aliphatic heterocycles. The normalized spacial score (nSPS) is 32.4. The van der Waals surface area contributed by atoms with Crippen LogP contribution in [-0.2, 0) is 21.9 Å². The van der Waals surface area contributed by atoms with Crippen LogP contribution < -0.4 is 0 Å². The number of phenols is 1. The number of benzene rings is 1. The number of rotatable bonds is 5. The number of fused-ring (bicyclic) bond motifs is 4. The van der Waals surface area contributed by atoms with Gasteiger partial charge in [0.25, 0.3) is 0 Å². The Bertz CT molecular complexity index is 969. The number of nitrogens with zero attached hydrogens (tertiary/aromatic N) is 3. The van der Waals surface area contributed by atoms with Gasteiger partial charge in [-0.15, -0.1) is 0 Å². The third kappa shape index (κ3) is 4.13.